The second-order valence-electron chi connectivity index (χ2n) is 5.71. The van der Waals surface area contributed by atoms with Crippen LogP contribution < -0.4 is 5.32 Å². The van der Waals surface area contributed by atoms with E-state index in [1.807, 2.05) is 37.1 Å². The summed E-state index contributed by atoms with van der Waals surface area (Å²) in [6.07, 6.45) is 3.56. The van der Waals surface area contributed by atoms with Crippen molar-refractivity contribution in [3.63, 3.8) is 0 Å². The van der Waals surface area contributed by atoms with Gasteiger partial charge in [-0.05, 0) is 38.3 Å². The Hall–Kier alpha value is -1.55. The standard InChI is InChI=1S/C16H22N2O2/c1-11-6-7-13(17-2)12(10-11)16(19)18-8-9-20-15-5-3-4-14(15)18/h6-7,10,14-15,17H,3-5,8-9H2,1-2H3. The van der Waals surface area contributed by atoms with Gasteiger partial charge in [-0.3, -0.25) is 4.79 Å². The summed E-state index contributed by atoms with van der Waals surface area (Å²) in [5.41, 5.74) is 2.80. The fraction of sp³-hybridized carbons (Fsp3) is 0.562. The maximum atomic E-state index is 12.9. The second-order valence-corrected chi connectivity index (χ2v) is 5.71. The zero-order valence-electron chi connectivity index (χ0n) is 12.2. The van der Waals surface area contributed by atoms with Gasteiger partial charge in [-0.1, -0.05) is 11.6 Å². The van der Waals surface area contributed by atoms with Crippen LogP contribution in [0.3, 0.4) is 0 Å². The molecule has 108 valence electrons. The Labute approximate surface area is 120 Å². The van der Waals surface area contributed by atoms with E-state index in [0.29, 0.717) is 13.2 Å². The van der Waals surface area contributed by atoms with Gasteiger partial charge in [-0.15, -0.1) is 0 Å². The lowest BCUT2D eigenvalue weighted by Gasteiger charge is -2.38. The predicted molar refractivity (Wildman–Crippen MR) is 79.1 cm³/mol. The Balaban J connectivity index is 1.90. The largest absolute Gasteiger partial charge is 0.387 e. The Kier molecular flexibility index (Phi) is 3.66. The molecule has 1 amide bonds. The highest BCUT2D eigenvalue weighted by Crippen LogP contribution is 2.31. The molecule has 0 spiro atoms. The summed E-state index contributed by atoms with van der Waals surface area (Å²) in [5, 5.41) is 3.12. The third-order valence-electron chi connectivity index (χ3n) is 4.42. The molecular formula is C16H22N2O2. The number of nitrogens with zero attached hydrogens (tertiary/aromatic N) is 1. The minimum atomic E-state index is 0.137. The highest BCUT2D eigenvalue weighted by Gasteiger charge is 2.39. The van der Waals surface area contributed by atoms with Crippen molar-refractivity contribution in [2.45, 2.75) is 38.3 Å². The van der Waals surface area contributed by atoms with Gasteiger partial charge in [0.25, 0.3) is 5.91 Å². The molecule has 0 aromatic heterocycles. The number of carbonyl (C=O) groups excluding carboxylic acids is 1. The minimum absolute atomic E-state index is 0.137. The first-order valence-electron chi connectivity index (χ1n) is 7.41. The van der Waals surface area contributed by atoms with Crippen molar-refractivity contribution in [3.05, 3.63) is 29.3 Å². The molecule has 1 N–H and O–H groups in total. The van der Waals surface area contributed by atoms with Gasteiger partial charge in [-0.25, -0.2) is 0 Å². The van der Waals surface area contributed by atoms with Crippen molar-refractivity contribution in [2.75, 3.05) is 25.5 Å². The zero-order chi connectivity index (χ0) is 14.1. The quantitative estimate of drug-likeness (QED) is 0.900. The van der Waals surface area contributed by atoms with Gasteiger partial charge < -0.3 is 15.0 Å². The fourth-order valence-corrected chi connectivity index (χ4v) is 3.39. The molecule has 1 aromatic carbocycles. The van der Waals surface area contributed by atoms with E-state index in [2.05, 4.69) is 5.32 Å². The molecule has 3 rings (SSSR count). The number of ether oxygens (including phenoxy) is 1. The number of aryl methyl sites for hydroxylation is 1. The topological polar surface area (TPSA) is 41.6 Å². The van der Waals surface area contributed by atoms with E-state index in [-0.39, 0.29) is 18.1 Å². The summed E-state index contributed by atoms with van der Waals surface area (Å²) in [6, 6.07) is 6.25. The summed E-state index contributed by atoms with van der Waals surface area (Å²) < 4.78 is 5.79. The molecule has 1 heterocycles. The number of rotatable bonds is 2. The van der Waals surface area contributed by atoms with Gasteiger partial charge in [-0.2, -0.15) is 0 Å². The molecule has 0 radical (unpaired) electrons. The third kappa shape index (κ3) is 2.29. The Morgan fingerprint density at radius 3 is 3.05 bits per heavy atom. The maximum Gasteiger partial charge on any atom is 0.256 e. The lowest BCUT2D eigenvalue weighted by Crippen LogP contribution is -2.51. The molecule has 0 bridgehead atoms. The molecule has 1 saturated carbocycles. The smallest absolute Gasteiger partial charge is 0.256 e. The van der Waals surface area contributed by atoms with Gasteiger partial charge in [0.05, 0.1) is 24.3 Å². The Morgan fingerprint density at radius 2 is 2.25 bits per heavy atom. The number of nitrogens with one attached hydrogen (secondary N) is 1. The Morgan fingerprint density at radius 1 is 1.40 bits per heavy atom. The number of anilines is 1. The molecule has 2 unspecified atom stereocenters. The number of hydrogen-bond acceptors (Lipinski definition) is 3. The van der Waals surface area contributed by atoms with Crippen LogP contribution in [0, 0.1) is 6.92 Å². The highest BCUT2D eigenvalue weighted by molar-refractivity contribution is 6.00. The molecule has 4 heteroatoms. The van der Waals surface area contributed by atoms with Gasteiger partial charge in [0.2, 0.25) is 0 Å². The summed E-state index contributed by atoms with van der Waals surface area (Å²) in [6.45, 7) is 3.39. The molecular weight excluding hydrogens is 252 g/mol. The number of morpholine rings is 1. The molecule has 1 aliphatic carbocycles. The summed E-state index contributed by atoms with van der Waals surface area (Å²) in [4.78, 5) is 14.9. The average Bonchev–Trinajstić information content (AvgIpc) is 2.94. The van der Waals surface area contributed by atoms with Gasteiger partial charge in [0.1, 0.15) is 0 Å². The van der Waals surface area contributed by atoms with Crippen molar-refractivity contribution in [3.8, 4) is 0 Å². The molecule has 1 aliphatic heterocycles. The first kappa shape index (κ1) is 13.4. The third-order valence-corrected chi connectivity index (χ3v) is 4.42. The van der Waals surface area contributed by atoms with Crippen LogP contribution in [0.15, 0.2) is 18.2 Å². The minimum Gasteiger partial charge on any atom is -0.387 e. The SMILES string of the molecule is CNc1ccc(C)cc1C(=O)N1CCOC2CCCC21. The Bertz CT molecular complexity index is 515. The molecule has 2 aliphatic rings. The number of benzene rings is 1. The van der Waals surface area contributed by atoms with Gasteiger partial charge in [0.15, 0.2) is 0 Å². The van der Waals surface area contributed by atoms with Crippen LogP contribution in [0.2, 0.25) is 0 Å². The van der Waals surface area contributed by atoms with Crippen molar-refractivity contribution < 1.29 is 9.53 Å². The molecule has 1 saturated heterocycles. The number of hydrogen-bond donors (Lipinski definition) is 1. The summed E-state index contributed by atoms with van der Waals surface area (Å²) in [5.74, 6) is 0.137. The lowest BCUT2D eigenvalue weighted by molar-refractivity contribution is -0.0445. The van der Waals surface area contributed by atoms with E-state index in [0.717, 1.165) is 36.1 Å². The normalized spacial score (nSPS) is 25.4. The number of fused-ring (bicyclic) bond motifs is 1. The van der Waals surface area contributed by atoms with Crippen LogP contribution in [0.1, 0.15) is 35.2 Å². The van der Waals surface area contributed by atoms with Crippen LogP contribution in [0.25, 0.3) is 0 Å². The number of carbonyl (C=O) groups is 1. The maximum absolute atomic E-state index is 12.9. The van der Waals surface area contributed by atoms with Crippen LogP contribution in [-0.4, -0.2) is 43.2 Å². The monoisotopic (exact) mass is 274 g/mol. The van der Waals surface area contributed by atoms with E-state index in [1.165, 1.54) is 0 Å². The van der Waals surface area contributed by atoms with Crippen molar-refractivity contribution in [1.82, 2.24) is 4.90 Å². The van der Waals surface area contributed by atoms with E-state index >= 15 is 0 Å². The lowest BCUT2D eigenvalue weighted by atomic mass is 10.0. The van der Waals surface area contributed by atoms with E-state index in [1.54, 1.807) is 0 Å². The van der Waals surface area contributed by atoms with Crippen LogP contribution >= 0.6 is 0 Å². The first-order valence-corrected chi connectivity index (χ1v) is 7.41. The average molecular weight is 274 g/mol. The molecule has 20 heavy (non-hydrogen) atoms. The van der Waals surface area contributed by atoms with Crippen molar-refractivity contribution >= 4 is 11.6 Å². The molecule has 2 atom stereocenters. The first-order chi connectivity index (χ1) is 9.70. The van der Waals surface area contributed by atoms with Gasteiger partial charge >= 0.3 is 0 Å². The van der Waals surface area contributed by atoms with E-state index in [9.17, 15) is 4.79 Å². The molecule has 1 aromatic rings. The second kappa shape index (κ2) is 5.44. The van der Waals surface area contributed by atoms with Crippen molar-refractivity contribution in [2.24, 2.45) is 0 Å². The number of amides is 1. The fourth-order valence-electron chi connectivity index (χ4n) is 3.39. The van der Waals surface area contributed by atoms with Gasteiger partial charge in [0, 0.05) is 19.3 Å². The van der Waals surface area contributed by atoms with Crippen LogP contribution in [-0.2, 0) is 4.74 Å². The predicted octanol–water partition coefficient (Wildman–Crippen LogP) is 2.43. The van der Waals surface area contributed by atoms with Crippen LogP contribution in [0.4, 0.5) is 5.69 Å². The molecule has 4 nitrogen and oxygen atoms in total. The highest BCUT2D eigenvalue weighted by atomic mass is 16.5. The van der Waals surface area contributed by atoms with E-state index < -0.39 is 0 Å². The molecule has 2 fully saturated rings. The summed E-state index contributed by atoms with van der Waals surface area (Å²) >= 11 is 0. The van der Waals surface area contributed by atoms with E-state index in [4.69, 9.17) is 4.74 Å². The zero-order valence-corrected chi connectivity index (χ0v) is 12.2. The van der Waals surface area contributed by atoms with Crippen molar-refractivity contribution in [1.29, 1.82) is 0 Å². The van der Waals surface area contributed by atoms with Crippen LogP contribution in [0.5, 0.6) is 0 Å². The summed E-state index contributed by atoms with van der Waals surface area (Å²) in [7, 11) is 1.86.